The molecule has 0 atom stereocenters. The van der Waals surface area contributed by atoms with Gasteiger partial charge in [0.1, 0.15) is 17.7 Å². The van der Waals surface area contributed by atoms with E-state index in [1.54, 1.807) is 6.92 Å². The number of nitrogens with one attached hydrogen (secondary N) is 1. The van der Waals surface area contributed by atoms with Crippen LogP contribution in [0.25, 0.3) is 5.57 Å². The van der Waals surface area contributed by atoms with Crippen molar-refractivity contribution in [2.45, 2.75) is 6.92 Å². The van der Waals surface area contributed by atoms with Crippen molar-refractivity contribution in [3.8, 4) is 12.1 Å². The van der Waals surface area contributed by atoms with Gasteiger partial charge in [0, 0.05) is 12.7 Å². The monoisotopic (exact) mass is 197 g/mol. The Hall–Kier alpha value is -2.26. The second-order valence-corrected chi connectivity index (χ2v) is 3.05. The standard InChI is InChI=1S/C12H11N3/c1-9(11(7-13)8-14)10-4-3-5-12(6-10)15-2/h3-6,15H,1-2H3. The molecule has 0 amide bonds. The van der Waals surface area contributed by atoms with Crippen LogP contribution in [-0.4, -0.2) is 7.05 Å². The first-order valence-electron chi connectivity index (χ1n) is 4.52. The maximum atomic E-state index is 8.74. The second kappa shape index (κ2) is 4.83. The molecule has 1 rings (SSSR count). The average Bonchev–Trinajstić information content (AvgIpc) is 2.30. The lowest BCUT2D eigenvalue weighted by atomic mass is 10.0. The number of benzene rings is 1. The van der Waals surface area contributed by atoms with Gasteiger partial charge in [0.05, 0.1) is 0 Å². The fraction of sp³-hybridized carbons (Fsp3) is 0.167. The SMILES string of the molecule is CNc1cccc(C(C)=C(C#N)C#N)c1. The third-order valence-electron chi connectivity index (χ3n) is 2.18. The zero-order valence-corrected chi connectivity index (χ0v) is 8.70. The van der Waals surface area contributed by atoms with Crippen LogP contribution in [0.5, 0.6) is 0 Å². The number of anilines is 1. The molecule has 74 valence electrons. The minimum absolute atomic E-state index is 0.156. The molecule has 0 radical (unpaired) electrons. The molecule has 1 N–H and O–H groups in total. The van der Waals surface area contributed by atoms with Gasteiger partial charge < -0.3 is 5.32 Å². The summed E-state index contributed by atoms with van der Waals surface area (Å²) in [4.78, 5) is 0. The van der Waals surface area contributed by atoms with E-state index >= 15 is 0 Å². The van der Waals surface area contributed by atoms with Gasteiger partial charge in [0.25, 0.3) is 0 Å². The molecule has 0 bridgehead atoms. The lowest BCUT2D eigenvalue weighted by Crippen LogP contribution is -1.90. The highest BCUT2D eigenvalue weighted by Crippen LogP contribution is 2.20. The van der Waals surface area contributed by atoms with Gasteiger partial charge in [-0.2, -0.15) is 10.5 Å². The van der Waals surface area contributed by atoms with E-state index in [4.69, 9.17) is 10.5 Å². The summed E-state index contributed by atoms with van der Waals surface area (Å²) >= 11 is 0. The molecule has 0 saturated carbocycles. The molecule has 15 heavy (non-hydrogen) atoms. The predicted molar refractivity (Wildman–Crippen MR) is 59.8 cm³/mol. The minimum atomic E-state index is 0.156. The Morgan fingerprint density at radius 2 is 1.93 bits per heavy atom. The van der Waals surface area contributed by atoms with Gasteiger partial charge in [-0.25, -0.2) is 0 Å². The molecular formula is C12H11N3. The quantitative estimate of drug-likeness (QED) is 0.741. The van der Waals surface area contributed by atoms with Crippen LogP contribution >= 0.6 is 0 Å². The molecule has 1 aromatic carbocycles. The van der Waals surface area contributed by atoms with Crippen LogP contribution in [0.2, 0.25) is 0 Å². The van der Waals surface area contributed by atoms with Crippen LogP contribution < -0.4 is 5.32 Å². The van der Waals surface area contributed by atoms with E-state index in [0.29, 0.717) is 5.57 Å². The molecule has 0 spiro atoms. The second-order valence-electron chi connectivity index (χ2n) is 3.05. The van der Waals surface area contributed by atoms with Crippen molar-refractivity contribution in [3.05, 3.63) is 35.4 Å². The maximum absolute atomic E-state index is 8.74. The Kier molecular flexibility index (Phi) is 3.49. The number of nitriles is 2. The number of allylic oxidation sites excluding steroid dienone is 2. The summed E-state index contributed by atoms with van der Waals surface area (Å²) in [5.74, 6) is 0. The summed E-state index contributed by atoms with van der Waals surface area (Å²) in [6.45, 7) is 1.77. The largest absolute Gasteiger partial charge is 0.388 e. The smallest absolute Gasteiger partial charge is 0.133 e. The number of hydrogen-bond donors (Lipinski definition) is 1. The van der Waals surface area contributed by atoms with E-state index < -0.39 is 0 Å². The highest BCUT2D eigenvalue weighted by Gasteiger charge is 2.03. The van der Waals surface area contributed by atoms with Crippen LogP contribution in [0.1, 0.15) is 12.5 Å². The van der Waals surface area contributed by atoms with Crippen LogP contribution in [0.3, 0.4) is 0 Å². The molecule has 0 unspecified atom stereocenters. The summed E-state index contributed by atoms with van der Waals surface area (Å²) in [6, 6.07) is 11.4. The third kappa shape index (κ3) is 2.36. The molecule has 0 aliphatic carbocycles. The zero-order valence-electron chi connectivity index (χ0n) is 8.70. The van der Waals surface area contributed by atoms with E-state index in [9.17, 15) is 0 Å². The summed E-state index contributed by atoms with van der Waals surface area (Å²) in [5.41, 5.74) is 2.71. The van der Waals surface area contributed by atoms with E-state index in [-0.39, 0.29) is 5.57 Å². The molecule has 0 aliphatic rings. The van der Waals surface area contributed by atoms with Gasteiger partial charge in [-0.3, -0.25) is 0 Å². The van der Waals surface area contributed by atoms with Crippen LogP contribution in [-0.2, 0) is 0 Å². The van der Waals surface area contributed by atoms with E-state index in [1.165, 1.54) is 0 Å². The Bertz CT molecular complexity index is 456. The van der Waals surface area contributed by atoms with Crippen molar-refractivity contribution in [2.75, 3.05) is 12.4 Å². The first-order valence-corrected chi connectivity index (χ1v) is 4.52. The number of rotatable bonds is 2. The number of hydrogen-bond acceptors (Lipinski definition) is 3. The topological polar surface area (TPSA) is 59.6 Å². The van der Waals surface area contributed by atoms with Crippen molar-refractivity contribution >= 4 is 11.3 Å². The first-order chi connectivity index (χ1) is 7.22. The van der Waals surface area contributed by atoms with Crippen LogP contribution in [0.15, 0.2) is 29.8 Å². The molecule has 0 aliphatic heterocycles. The van der Waals surface area contributed by atoms with Gasteiger partial charge >= 0.3 is 0 Å². The Morgan fingerprint density at radius 3 is 2.47 bits per heavy atom. The molecule has 0 saturated heterocycles. The van der Waals surface area contributed by atoms with E-state index in [0.717, 1.165) is 11.3 Å². The maximum Gasteiger partial charge on any atom is 0.133 e. The minimum Gasteiger partial charge on any atom is -0.388 e. The Balaban J connectivity index is 3.24. The van der Waals surface area contributed by atoms with Gasteiger partial charge in [-0.1, -0.05) is 12.1 Å². The molecule has 0 heterocycles. The normalized spacial score (nSPS) is 8.53. The lowest BCUT2D eigenvalue weighted by Gasteiger charge is -2.04. The molecule has 3 nitrogen and oxygen atoms in total. The molecule has 1 aromatic rings. The fourth-order valence-electron chi connectivity index (χ4n) is 1.25. The average molecular weight is 197 g/mol. The lowest BCUT2D eigenvalue weighted by molar-refractivity contribution is 1.43. The molecule has 0 fully saturated rings. The molecular weight excluding hydrogens is 186 g/mol. The van der Waals surface area contributed by atoms with Crippen LogP contribution in [0, 0.1) is 22.7 Å². The van der Waals surface area contributed by atoms with Crippen molar-refractivity contribution in [3.63, 3.8) is 0 Å². The Labute approximate surface area is 89.3 Å². The van der Waals surface area contributed by atoms with Crippen LogP contribution in [0.4, 0.5) is 5.69 Å². The molecule has 3 heteroatoms. The van der Waals surface area contributed by atoms with Gasteiger partial charge in [-0.05, 0) is 30.2 Å². The van der Waals surface area contributed by atoms with Gasteiger partial charge in [0.2, 0.25) is 0 Å². The first kappa shape index (κ1) is 10.8. The van der Waals surface area contributed by atoms with Crippen molar-refractivity contribution in [1.29, 1.82) is 10.5 Å². The fourth-order valence-corrected chi connectivity index (χ4v) is 1.25. The zero-order chi connectivity index (χ0) is 11.3. The van der Waals surface area contributed by atoms with Gasteiger partial charge in [-0.15, -0.1) is 0 Å². The Morgan fingerprint density at radius 1 is 1.27 bits per heavy atom. The molecule has 0 aromatic heterocycles. The van der Waals surface area contributed by atoms with E-state index in [1.807, 2.05) is 43.5 Å². The predicted octanol–water partition coefficient (Wildman–Crippen LogP) is 2.55. The summed E-state index contributed by atoms with van der Waals surface area (Å²) in [5, 5.41) is 20.5. The van der Waals surface area contributed by atoms with Crippen molar-refractivity contribution in [1.82, 2.24) is 0 Å². The van der Waals surface area contributed by atoms with E-state index in [2.05, 4.69) is 5.32 Å². The van der Waals surface area contributed by atoms with Crippen molar-refractivity contribution in [2.24, 2.45) is 0 Å². The van der Waals surface area contributed by atoms with Gasteiger partial charge in [0.15, 0.2) is 0 Å². The summed E-state index contributed by atoms with van der Waals surface area (Å²) in [6.07, 6.45) is 0. The highest BCUT2D eigenvalue weighted by atomic mass is 14.8. The highest BCUT2D eigenvalue weighted by molar-refractivity contribution is 5.75. The third-order valence-corrected chi connectivity index (χ3v) is 2.18. The summed E-state index contributed by atoms with van der Waals surface area (Å²) in [7, 11) is 1.83. The number of nitrogens with zero attached hydrogens (tertiary/aromatic N) is 2. The summed E-state index contributed by atoms with van der Waals surface area (Å²) < 4.78 is 0. The van der Waals surface area contributed by atoms with Crippen molar-refractivity contribution < 1.29 is 0 Å².